The van der Waals surface area contributed by atoms with Crippen molar-refractivity contribution < 1.29 is 27.9 Å². The van der Waals surface area contributed by atoms with Crippen molar-refractivity contribution in [1.29, 1.82) is 0 Å². The molecule has 9 heteroatoms. The predicted octanol–water partition coefficient (Wildman–Crippen LogP) is 3.74. The molecular formula is C24H22F3N3O3. The molecule has 0 atom stereocenters. The molecule has 4 rings (SSSR count). The van der Waals surface area contributed by atoms with Crippen LogP contribution in [0.25, 0.3) is 11.1 Å². The average Bonchev–Trinajstić information content (AvgIpc) is 3.21. The van der Waals surface area contributed by atoms with Gasteiger partial charge in [0.15, 0.2) is 0 Å². The third-order valence-electron chi connectivity index (χ3n) is 5.17. The molecule has 0 saturated heterocycles. The van der Waals surface area contributed by atoms with Crippen LogP contribution in [0.5, 0.6) is 0 Å². The number of benzene rings is 2. The zero-order chi connectivity index (χ0) is 24.0. The molecule has 1 aliphatic carbocycles. The summed E-state index contributed by atoms with van der Waals surface area (Å²) >= 11 is 0. The van der Waals surface area contributed by atoms with Gasteiger partial charge < -0.3 is 16.2 Å². The summed E-state index contributed by atoms with van der Waals surface area (Å²) in [5.41, 5.74) is 11.7. The number of aromatic nitrogens is 1. The lowest BCUT2D eigenvalue weighted by atomic mass is 10.0. The van der Waals surface area contributed by atoms with Gasteiger partial charge in [-0.25, -0.2) is 4.79 Å². The maximum atomic E-state index is 11.3. The molecule has 0 aliphatic heterocycles. The second kappa shape index (κ2) is 10.3. The molecule has 33 heavy (non-hydrogen) atoms. The summed E-state index contributed by atoms with van der Waals surface area (Å²) in [6.45, 7) is 0.750. The molecule has 0 fully saturated rings. The van der Waals surface area contributed by atoms with Crippen molar-refractivity contribution in [1.82, 2.24) is 10.3 Å². The number of carbonyl (C=O) groups excluding carboxylic acids is 1. The van der Waals surface area contributed by atoms with Crippen molar-refractivity contribution in [3.05, 3.63) is 89.2 Å². The molecule has 1 aliphatic rings. The van der Waals surface area contributed by atoms with Crippen LogP contribution in [0.4, 0.5) is 13.2 Å². The lowest BCUT2D eigenvalue weighted by Crippen LogP contribution is -2.29. The van der Waals surface area contributed by atoms with E-state index >= 15 is 0 Å². The molecule has 1 aromatic heterocycles. The normalized spacial score (nSPS) is 13.1. The number of rotatable bonds is 5. The van der Waals surface area contributed by atoms with E-state index in [2.05, 4.69) is 34.6 Å². The van der Waals surface area contributed by atoms with Crippen molar-refractivity contribution in [2.75, 3.05) is 0 Å². The number of hydrogen-bond acceptors (Lipinski definition) is 4. The van der Waals surface area contributed by atoms with Crippen molar-refractivity contribution in [3.63, 3.8) is 0 Å². The van der Waals surface area contributed by atoms with Gasteiger partial charge in [0, 0.05) is 29.9 Å². The highest BCUT2D eigenvalue weighted by Gasteiger charge is 2.38. The fourth-order valence-corrected chi connectivity index (χ4v) is 3.50. The van der Waals surface area contributed by atoms with Gasteiger partial charge in [-0.2, -0.15) is 13.2 Å². The minimum absolute atomic E-state index is 0.418. The Bertz CT molecular complexity index is 1110. The quantitative estimate of drug-likeness (QED) is 0.541. The number of carboxylic acid groups (broad SMARTS) is 1. The van der Waals surface area contributed by atoms with E-state index in [1.54, 1.807) is 12.1 Å². The lowest BCUT2D eigenvalue weighted by Gasteiger charge is -2.12. The molecule has 0 bridgehead atoms. The number of fused-ring (bicyclic) bond motifs is 1. The van der Waals surface area contributed by atoms with Crippen LogP contribution < -0.4 is 11.1 Å². The van der Waals surface area contributed by atoms with Gasteiger partial charge in [-0.15, -0.1) is 0 Å². The van der Waals surface area contributed by atoms with Crippen molar-refractivity contribution in [2.45, 2.75) is 31.6 Å². The van der Waals surface area contributed by atoms with E-state index in [1.807, 2.05) is 30.5 Å². The number of nitrogens with one attached hydrogen (secondary N) is 1. The minimum atomic E-state index is -5.08. The standard InChI is InChI=1S/C22H21N3O.C2HF3O2/c23-22(26)18-7-3-6-15(10-18)19-8-9-20(24-13-19)14-25-21-11-16-4-1-2-5-17(16)12-21;3-2(4,5)1(6)7/h1-10,13,21,25H,11-12,14H2,(H2,23,26);(H,6,7). The molecule has 172 valence electrons. The Morgan fingerprint density at radius 1 is 1.00 bits per heavy atom. The van der Waals surface area contributed by atoms with Crippen LogP contribution in [0.15, 0.2) is 66.9 Å². The molecule has 1 amide bonds. The van der Waals surface area contributed by atoms with Gasteiger partial charge in [-0.3, -0.25) is 9.78 Å². The van der Waals surface area contributed by atoms with E-state index in [0.29, 0.717) is 11.6 Å². The SMILES string of the molecule is NC(=O)c1cccc(-c2ccc(CNC3Cc4ccccc4C3)nc2)c1.O=C(O)C(F)(F)F. The number of halogens is 3. The molecule has 0 saturated carbocycles. The van der Waals surface area contributed by atoms with E-state index in [-0.39, 0.29) is 0 Å². The number of aliphatic carboxylic acids is 1. The van der Waals surface area contributed by atoms with Crippen LogP contribution in [0.3, 0.4) is 0 Å². The van der Waals surface area contributed by atoms with Gasteiger partial charge in [-0.05, 0) is 47.7 Å². The zero-order valence-corrected chi connectivity index (χ0v) is 17.5. The van der Waals surface area contributed by atoms with Gasteiger partial charge in [0.2, 0.25) is 5.91 Å². The molecule has 6 nitrogen and oxygen atoms in total. The summed E-state index contributed by atoms with van der Waals surface area (Å²) in [5.74, 6) is -3.18. The van der Waals surface area contributed by atoms with E-state index in [9.17, 15) is 18.0 Å². The van der Waals surface area contributed by atoms with Crippen molar-refractivity contribution in [3.8, 4) is 11.1 Å². The summed E-state index contributed by atoms with van der Waals surface area (Å²) in [7, 11) is 0. The Morgan fingerprint density at radius 2 is 1.64 bits per heavy atom. The first-order valence-corrected chi connectivity index (χ1v) is 10.1. The number of nitrogens with zero attached hydrogens (tertiary/aromatic N) is 1. The van der Waals surface area contributed by atoms with Crippen LogP contribution in [0.1, 0.15) is 27.2 Å². The Balaban J connectivity index is 0.000000383. The van der Waals surface area contributed by atoms with Gasteiger partial charge in [0.05, 0.1) is 5.69 Å². The zero-order valence-electron chi connectivity index (χ0n) is 17.5. The first-order chi connectivity index (χ1) is 15.6. The third-order valence-corrected chi connectivity index (χ3v) is 5.17. The summed E-state index contributed by atoms with van der Waals surface area (Å²) in [6, 6.07) is 20.5. The number of alkyl halides is 3. The maximum absolute atomic E-state index is 11.3. The highest BCUT2D eigenvalue weighted by Crippen LogP contribution is 2.22. The summed E-state index contributed by atoms with van der Waals surface area (Å²) in [4.78, 5) is 24.8. The number of pyridine rings is 1. The lowest BCUT2D eigenvalue weighted by molar-refractivity contribution is -0.192. The van der Waals surface area contributed by atoms with Crippen LogP contribution in [0.2, 0.25) is 0 Å². The number of carboxylic acids is 1. The fraction of sp³-hybridized carbons (Fsp3) is 0.208. The number of primary amides is 1. The Labute approximate surface area is 188 Å². The maximum Gasteiger partial charge on any atom is 0.490 e. The first kappa shape index (κ1) is 23.9. The van der Waals surface area contributed by atoms with Crippen LogP contribution >= 0.6 is 0 Å². The molecule has 3 aromatic rings. The molecule has 0 unspecified atom stereocenters. The van der Waals surface area contributed by atoms with E-state index in [1.165, 1.54) is 11.1 Å². The van der Waals surface area contributed by atoms with Crippen molar-refractivity contribution >= 4 is 11.9 Å². The monoisotopic (exact) mass is 457 g/mol. The van der Waals surface area contributed by atoms with Crippen LogP contribution in [-0.4, -0.2) is 34.2 Å². The Kier molecular flexibility index (Phi) is 7.44. The highest BCUT2D eigenvalue weighted by molar-refractivity contribution is 5.94. The average molecular weight is 457 g/mol. The number of hydrogen-bond donors (Lipinski definition) is 3. The molecule has 1 heterocycles. The first-order valence-electron chi connectivity index (χ1n) is 10.1. The van der Waals surface area contributed by atoms with Gasteiger partial charge in [0.1, 0.15) is 0 Å². The minimum Gasteiger partial charge on any atom is -0.475 e. The number of carbonyl (C=O) groups is 2. The number of amides is 1. The summed E-state index contributed by atoms with van der Waals surface area (Å²) in [6.07, 6.45) is -1.08. The molecular weight excluding hydrogens is 435 g/mol. The van der Waals surface area contributed by atoms with Crippen LogP contribution in [-0.2, 0) is 24.2 Å². The predicted molar refractivity (Wildman–Crippen MR) is 116 cm³/mol. The fourth-order valence-electron chi connectivity index (χ4n) is 3.50. The molecule has 0 radical (unpaired) electrons. The Morgan fingerprint density at radius 3 is 2.15 bits per heavy atom. The molecule has 2 aromatic carbocycles. The van der Waals surface area contributed by atoms with Crippen LogP contribution in [0, 0.1) is 0 Å². The number of nitrogens with two attached hydrogens (primary N) is 1. The second-order valence-corrected chi connectivity index (χ2v) is 7.54. The summed E-state index contributed by atoms with van der Waals surface area (Å²) < 4.78 is 31.7. The third kappa shape index (κ3) is 6.63. The largest absolute Gasteiger partial charge is 0.490 e. The van der Waals surface area contributed by atoms with Crippen molar-refractivity contribution in [2.24, 2.45) is 5.73 Å². The van der Waals surface area contributed by atoms with Gasteiger partial charge >= 0.3 is 12.1 Å². The molecule has 0 spiro atoms. The highest BCUT2D eigenvalue weighted by atomic mass is 19.4. The van der Waals surface area contributed by atoms with E-state index in [4.69, 9.17) is 15.6 Å². The van der Waals surface area contributed by atoms with E-state index < -0.39 is 18.1 Å². The second-order valence-electron chi connectivity index (χ2n) is 7.54. The summed E-state index contributed by atoms with van der Waals surface area (Å²) in [5, 5.41) is 10.7. The smallest absolute Gasteiger partial charge is 0.475 e. The topological polar surface area (TPSA) is 105 Å². The van der Waals surface area contributed by atoms with Gasteiger partial charge in [0.25, 0.3) is 0 Å². The Hall–Kier alpha value is -3.72. The van der Waals surface area contributed by atoms with Gasteiger partial charge in [-0.1, -0.05) is 42.5 Å². The van der Waals surface area contributed by atoms with E-state index in [0.717, 1.165) is 36.2 Å². The molecule has 4 N–H and O–H groups in total.